The van der Waals surface area contributed by atoms with Crippen LogP contribution >= 0.6 is 22.6 Å². The number of pyridine rings is 2. The van der Waals surface area contributed by atoms with Crippen LogP contribution in [-0.2, 0) is 14.9 Å². The van der Waals surface area contributed by atoms with Crippen molar-refractivity contribution in [1.82, 2.24) is 20.2 Å². The maximum atomic E-state index is 15.6. The smallest absolute Gasteiger partial charge is 0.277 e. The maximum Gasteiger partial charge on any atom is 0.277 e. The molecule has 2 heterocycles. The third kappa shape index (κ3) is 7.04. The number of hydroxylamine groups is 1. The first kappa shape index (κ1) is 29.0. The zero-order valence-corrected chi connectivity index (χ0v) is 24.3. The highest BCUT2D eigenvalue weighted by Gasteiger charge is 2.32. The highest BCUT2D eigenvalue weighted by molar-refractivity contribution is 14.1. The minimum Gasteiger partial charge on any atom is -0.352 e. The molecule has 1 saturated carbocycles. The number of sulfonamides is 1. The number of carbonyl (C=O) groups is 1. The Bertz CT molecular complexity index is 1600. The van der Waals surface area contributed by atoms with Crippen LogP contribution in [0.2, 0.25) is 0 Å². The molecule has 0 unspecified atom stereocenters. The Kier molecular flexibility index (Phi) is 8.87. The maximum absolute atomic E-state index is 15.6. The van der Waals surface area contributed by atoms with Crippen molar-refractivity contribution in [2.24, 2.45) is 5.92 Å². The van der Waals surface area contributed by atoms with Gasteiger partial charge >= 0.3 is 0 Å². The van der Waals surface area contributed by atoms with E-state index in [1.807, 2.05) is 0 Å². The summed E-state index contributed by atoms with van der Waals surface area (Å²) in [5.41, 5.74) is 2.12. The Morgan fingerprint density at radius 1 is 0.976 bits per heavy atom. The second kappa shape index (κ2) is 12.5. The Balaban J connectivity index is 1.55. The molecular formula is C28H24F2IN5O4S. The summed E-state index contributed by atoms with van der Waals surface area (Å²) < 4.78 is 61.7. The highest BCUT2D eigenvalue weighted by atomic mass is 127. The average Bonchev–Trinajstić information content (AvgIpc) is 3.81. The van der Waals surface area contributed by atoms with Gasteiger partial charge in [0, 0.05) is 21.7 Å². The van der Waals surface area contributed by atoms with E-state index in [1.54, 1.807) is 60.7 Å². The van der Waals surface area contributed by atoms with Gasteiger partial charge in [-0.05, 0) is 95.9 Å². The summed E-state index contributed by atoms with van der Waals surface area (Å²) in [5.74, 6) is -3.85. The molecule has 0 spiro atoms. The molecule has 9 nitrogen and oxygen atoms in total. The summed E-state index contributed by atoms with van der Waals surface area (Å²) >= 11 is 2.09. The zero-order chi connectivity index (χ0) is 29.0. The Labute approximate surface area is 248 Å². The van der Waals surface area contributed by atoms with Crippen LogP contribution < -0.4 is 15.5 Å². The summed E-state index contributed by atoms with van der Waals surface area (Å²) in [6.45, 7) is 0.248. The molecule has 3 N–H and O–H groups in total. The van der Waals surface area contributed by atoms with Crippen LogP contribution in [0.25, 0.3) is 0 Å². The van der Waals surface area contributed by atoms with Gasteiger partial charge in [-0.2, -0.15) is 4.72 Å². The molecule has 1 aliphatic carbocycles. The van der Waals surface area contributed by atoms with Gasteiger partial charge in [0.1, 0.15) is 10.9 Å². The minimum atomic E-state index is -4.78. The molecule has 0 radical (unpaired) electrons. The molecule has 0 saturated heterocycles. The van der Waals surface area contributed by atoms with Gasteiger partial charge in [-0.3, -0.25) is 19.6 Å². The summed E-state index contributed by atoms with van der Waals surface area (Å²) in [7, 11) is -4.78. The summed E-state index contributed by atoms with van der Waals surface area (Å²) in [6, 6.07) is 16.1. The molecule has 41 heavy (non-hydrogen) atoms. The second-order valence-electron chi connectivity index (χ2n) is 9.31. The molecule has 0 atom stereocenters. The highest BCUT2D eigenvalue weighted by Crippen LogP contribution is 2.33. The van der Waals surface area contributed by atoms with Crippen molar-refractivity contribution in [3.8, 4) is 0 Å². The van der Waals surface area contributed by atoms with E-state index >= 15 is 8.78 Å². The van der Waals surface area contributed by atoms with Gasteiger partial charge in [0.15, 0.2) is 11.6 Å². The summed E-state index contributed by atoms with van der Waals surface area (Å²) in [6.07, 6.45) is 4.86. The Hall–Kier alpha value is -3.53. The quantitative estimate of drug-likeness (QED) is 0.145. The number of benzene rings is 2. The summed E-state index contributed by atoms with van der Waals surface area (Å²) in [5, 5.41) is 2.70. The molecule has 2 aromatic heterocycles. The van der Waals surface area contributed by atoms with Gasteiger partial charge in [-0.1, -0.05) is 12.1 Å². The average molecular weight is 691 g/mol. The van der Waals surface area contributed by atoms with Crippen LogP contribution in [0.4, 0.5) is 20.2 Å². The lowest BCUT2D eigenvalue weighted by Crippen LogP contribution is -2.32. The minimum absolute atomic E-state index is 0.248. The van der Waals surface area contributed by atoms with Gasteiger partial charge < -0.3 is 5.32 Å². The van der Waals surface area contributed by atoms with E-state index in [1.165, 1.54) is 12.4 Å². The van der Waals surface area contributed by atoms with Crippen LogP contribution in [-0.4, -0.2) is 30.9 Å². The molecule has 1 aliphatic rings. The standard InChI is InChI=1S/C28H24F2IN5O4S/c29-24-23(41(38,39)36-27(21-5-1-3-13-32-21)22-6-2-4-14-33-22)15-20(28(37)35-40-16-17-7-8-17)26(25(24)30)34-19-11-9-18(31)10-12-19/h1-6,9-15,17,27,34,36H,7-8,16H2,(H,35,37). The molecule has 0 aliphatic heterocycles. The SMILES string of the molecule is O=C(NOCC1CC1)c1cc(S(=O)(=O)NC(c2ccccn2)c2ccccn2)c(F)c(F)c1Nc1ccc(I)cc1. The van der Waals surface area contributed by atoms with Gasteiger partial charge in [0.05, 0.1) is 29.2 Å². The van der Waals surface area contributed by atoms with Crippen molar-refractivity contribution in [2.45, 2.75) is 23.8 Å². The van der Waals surface area contributed by atoms with Gasteiger partial charge in [-0.15, -0.1) is 0 Å². The molecule has 1 fully saturated rings. The first-order valence-corrected chi connectivity index (χ1v) is 15.1. The lowest BCUT2D eigenvalue weighted by atomic mass is 10.1. The fourth-order valence-corrected chi connectivity index (χ4v) is 5.56. The third-order valence-corrected chi connectivity index (χ3v) is 8.38. The molecular weight excluding hydrogens is 667 g/mol. The molecule has 4 aromatic rings. The monoisotopic (exact) mass is 691 g/mol. The number of aromatic nitrogens is 2. The number of nitrogens with zero attached hydrogens (tertiary/aromatic N) is 2. The van der Waals surface area contributed by atoms with Crippen molar-refractivity contribution in [3.63, 3.8) is 0 Å². The Morgan fingerprint density at radius 3 is 2.17 bits per heavy atom. The van der Waals surface area contributed by atoms with Crippen LogP contribution in [0.1, 0.15) is 40.6 Å². The normalized spacial score (nSPS) is 13.3. The van der Waals surface area contributed by atoms with Gasteiger partial charge in [0.2, 0.25) is 10.0 Å². The van der Waals surface area contributed by atoms with E-state index in [2.05, 4.69) is 48.1 Å². The van der Waals surface area contributed by atoms with E-state index in [0.717, 1.165) is 22.5 Å². The van der Waals surface area contributed by atoms with Crippen molar-refractivity contribution in [1.29, 1.82) is 0 Å². The van der Waals surface area contributed by atoms with Crippen molar-refractivity contribution < 1.29 is 26.8 Å². The zero-order valence-electron chi connectivity index (χ0n) is 21.4. The largest absolute Gasteiger partial charge is 0.352 e. The molecule has 13 heteroatoms. The Morgan fingerprint density at radius 2 is 1.61 bits per heavy atom. The lowest BCUT2D eigenvalue weighted by molar-refractivity contribution is 0.0270. The predicted molar refractivity (Wildman–Crippen MR) is 156 cm³/mol. The number of carbonyl (C=O) groups excluding carboxylic acids is 1. The first-order valence-electron chi connectivity index (χ1n) is 12.5. The molecule has 212 valence electrons. The van der Waals surface area contributed by atoms with Crippen molar-refractivity contribution in [2.75, 3.05) is 11.9 Å². The van der Waals surface area contributed by atoms with E-state index in [4.69, 9.17) is 4.84 Å². The second-order valence-corrected chi connectivity index (χ2v) is 12.2. The molecule has 1 amide bonds. The third-order valence-electron chi connectivity index (χ3n) is 6.24. The van der Waals surface area contributed by atoms with Crippen LogP contribution in [0, 0.1) is 21.1 Å². The number of hydrogen-bond donors (Lipinski definition) is 3. The molecule has 0 bridgehead atoms. The first-order chi connectivity index (χ1) is 19.7. The lowest BCUT2D eigenvalue weighted by Gasteiger charge is -2.20. The topological polar surface area (TPSA) is 122 Å². The number of rotatable bonds is 11. The molecule has 2 aromatic carbocycles. The fraction of sp³-hybridized carbons (Fsp3) is 0.179. The van der Waals surface area contributed by atoms with E-state index in [9.17, 15) is 13.2 Å². The number of amides is 1. The fourth-order valence-electron chi connectivity index (χ4n) is 3.93. The predicted octanol–water partition coefficient (Wildman–Crippen LogP) is 5.24. The number of anilines is 2. The van der Waals surface area contributed by atoms with E-state index in [-0.39, 0.29) is 18.0 Å². The van der Waals surface area contributed by atoms with Crippen molar-refractivity contribution >= 4 is 49.9 Å². The van der Waals surface area contributed by atoms with Crippen LogP contribution in [0.15, 0.2) is 84.0 Å². The van der Waals surface area contributed by atoms with Crippen molar-refractivity contribution in [3.05, 3.63) is 111 Å². The number of hydrogen-bond acceptors (Lipinski definition) is 7. The molecule has 5 rings (SSSR count). The van der Waals surface area contributed by atoms with Crippen LogP contribution in [0.5, 0.6) is 0 Å². The van der Waals surface area contributed by atoms with E-state index < -0.39 is 49.8 Å². The summed E-state index contributed by atoms with van der Waals surface area (Å²) in [4.78, 5) is 25.7. The van der Waals surface area contributed by atoms with Crippen LogP contribution in [0.3, 0.4) is 0 Å². The number of halogens is 3. The van der Waals surface area contributed by atoms with Gasteiger partial charge in [-0.25, -0.2) is 22.7 Å². The van der Waals surface area contributed by atoms with E-state index in [0.29, 0.717) is 11.6 Å². The van der Waals surface area contributed by atoms with Gasteiger partial charge in [0.25, 0.3) is 5.91 Å². The number of nitrogens with one attached hydrogen (secondary N) is 3.